The summed E-state index contributed by atoms with van der Waals surface area (Å²) in [5.74, 6) is 0.904. The van der Waals surface area contributed by atoms with E-state index in [4.69, 9.17) is 12.8 Å². The van der Waals surface area contributed by atoms with Gasteiger partial charge in [0.2, 0.25) is 0 Å². The van der Waals surface area contributed by atoms with Crippen LogP contribution in [0.25, 0.3) is 27.0 Å². The molecule has 3 aromatic heterocycles. The van der Waals surface area contributed by atoms with Crippen LogP contribution in [-0.2, 0) is 6.54 Å². The van der Waals surface area contributed by atoms with Gasteiger partial charge in [0, 0.05) is 35.6 Å². The van der Waals surface area contributed by atoms with Gasteiger partial charge in [0.05, 0.1) is 5.69 Å². The summed E-state index contributed by atoms with van der Waals surface area (Å²) in [5.41, 5.74) is 5.84. The zero-order valence-electron chi connectivity index (χ0n) is 19.0. The second-order valence-corrected chi connectivity index (χ2v) is 9.36. The Balaban J connectivity index is 1.26. The fourth-order valence-electron chi connectivity index (χ4n) is 4.19. The van der Waals surface area contributed by atoms with Crippen LogP contribution in [0.2, 0.25) is 0 Å². The number of rotatable bonds is 8. The molecule has 0 atom stereocenters. The molecule has 0 saturated carbocycles. The molecule has 5 nitrogen and oxygen atoms in total. The standard InChI is InChI=1S/C26H26BN5S/c1-18-8-3-4-9-20(18)23-14-25(32-26(30-23)22(27)15-29-32)28-12-7-13-31(2)16-19-17-33-24-11-6-5-10-21(19)24/h3-6,8-11,14-15,17,28H,7,12-13,16H2,1-2H3. The average Bonchev–Trinajstić information content (AvgIpc) is 3.41. The van der Waals surface area contributed by atoms with Crippen molar-refractivity contribution in [2.75, 3.05) is 25.5 Å². The summed E-state index contributed by atoms with van der Waals surface area (Å²) in [5, 5.41) is 11.6. The number of nitrogens with zero attached hydrogens (tertiary/aromatic N) is 4. The maximum absolute atomic E-state index is 6.15. The minimum absolute atomic E-state index is 0.580. The molecule has 2 radical (unpaired) electrons. The molecule has 0 amide bonds. The first-order valence-corrected chi connectivity index (χ1v) is 12.1. The number of aromatic nitrogens is 3. The molecule has 0 aliphatic rings. The van der Waals surface area contributed by atoms with Gasteiger partial charge in [0.1, 0.15) is 13.7 Å². The zero-order chi connectivity index (χ0) is 22.8. The SMILES string of the molecule is [B]c1cnn2c(NCCCN(C)Cc3csc4ccccc34)cc(-c3ccccc3C)nc12. The molecule has 5 aromatic rings. The number of hydrogen-bond acceptors (Lipinski definition) is 5. The van der Waals surface area contributed by atoms with E-state index in [2.05, 4.69) is 77.1 Å². The molecule has 0 saturated heterocycles. The van der Waals surface area contributed by atoms with E-state index >= 15 is 0 Å². The molecule has 164 valence electrons. The fraction of sp³-hybridized carbons (Fsp3) is 0.231. The second kappa shape index (κ2) is 9.37. The van der Waals surface area contributed by atoms with E-state index in [-0.39, 0.29) is 0 Å². The first kappa shape index (κ1) is 21.7. The number of benzene rings is 2. The molecular weight excluding hydrogens is 425 g/mol. The van der Waals surface area contributed by atoms with E-state index in [1.54, 1.807) is 10.7 Å². The van der Waals surface area contributed by atoms with Crippen LogP contribution in [0.3, 0.4) is 0 Å². The van der Waals surface area contributed by atoms with Crippen molar-refractivity contribution >= 4 is 46.2 Å². The van der Waals surface area contributed by atoms with Crippen molar-refractivity contribution in [2.45, 2.75) is 19.9 Å². The quantitative estimate of drug-likeness (QED) is 0.276. The summed E-state index contributed by atoms with van der Waals surface area (Å²) in [6.45, 7) is 4.88. The molecule has 0 fully saturated rings. The number of aryl methyl sites for hydroxylation is 1. The van der Waals surface area contributed by atoms with Gasteiger partial charge in [-0.05, 0) is 60.4 Å². The molecular formula is C26H26BN5S. The molecule has 7 heteroatoms. The van der Waals surface area contributed by atoms with Crippen molar-refractivity contribution in [2.24, 2.45) is 0 Å². The van der Waals surface area contributed by atoms with Gasteiger partial charge in [-0.2, -0.15) is 9.61 Å². The third-order valence-corrected chi connectivity index (χ3v) is 6.96. The van der Waals surface area contributed by atoms with Crippen LogP contribution in [0.15, 0.2) is 66.2 Å². The van der Waals surface area contributed by atoms with Crippen molar-refractivity contribution in [1.82, 2.24) is 19.5 Å². The lowest BCUT2D eigenvalue weighted by molar-refractivity contribution is 0.327. The molecule has 33 heavy (non-hydrogen) atoms. The molecule has 0 aliphatic carbocycles. The lowest BCUT2D eigenvalue weighted by atomic mass is 10.00. The van der Waals surface area contributed by atoms with E-state index in [1.165, 1.54) is 21.2 Å². The Morgan fingerprint density at radius 1 is 1.12 bits per heavy atom. The first-order chi connectivity index (χ1) is 16.1. The Labute approximate surface area is 199 Å². The Bertz CT molecular complexity index is 1410. The highest BCUT2D eigenvalue weighted by Gasteiger charge is 2.12. The smallest absolute Gasteiger partial charge is 0.150 e. The van der Waals surface area contributed by atoms with E-state index < -0.39 is 0 Å². The molecule has 5 rings (SSSR count). The number of hydrogen-bond donors (Lipinski definition) is 1. The Morgan fingerprint density at radius 2 is 1.94 bits per heavy atom. The van der Waals surface area contributed by atoms with Crippen LogP contribution in [0, 0.1) is 6.92 Å². The highest BCUT2D eigenvalue weighted by atomic mass is 32.1. The van der Waals surface area contributed by atoms with Crippen molar-refractivity contribution in [1.29, 1.82) is 0 Å². The lowest BCUT2D eigenvalue weighted by Gasteiger charge is -2.17. The summed E-state index contributed by atoms with van der Waals surface area (Å²) < 4.78 is 3.14. The summed E-state index contributed by atoms with van der Waals surface area (Å²) in [7, 11) is 8.33. The van der Waals surface area contributed by atoms with Crippen molar-refractivity contribution in [3.05, 3.63) is 77.3 Å². The maximum atomic E-state index is 6.15. The Hall–Kier alpha value is -3.16. The second-order valence-electron chi connectivity index (χ2n) is 8.45. The van der Waals surface area contributed by atoms with Crippen LogP contribution in [0.5, 0.6) is 0 Å². The molecule has 2 aromatic carbocycles. The third-order valence-electron chi connectivity index (χ3n) is 5.94. The van der Waals surface area contributed by atoms with E-state index in [0.29, 0.717) is 11.1 Å². The Kier molecular flexibility index (Phi) is 6.16. The average molecular weight is 451 g/mol. The first-order valence-electron chi connectivity index (χ1n) is 11.2. The highest BCUT2D eigenvalue weighted by Crippen LogP contribution is 2.27. The molecule has 0 spiro atoms. The molecule has 0 aliphatic heterocycles. The summed E-state index contributed by atoms with van der Waals surface area (Å²) >= 11 is 1.82. The lowest BCUT2D eigenvalue weighted by Crippen LogP contribution is -2.21. The normalized spacial score (nSPS) is 11.6. The number of anilines is 1. The van der Waals surface area contributed by atoms with E-state index in [9.17, 15) is 0 Å². The van der Waals surface area contributed by atoms with Crippen LogP contribution >= 0.6 is 11.3 Å². The maximum Gasteiger partial charge on any atom is 0.150 e. The molecule has 1 N–H and O–H groups in total. The third kappa shape index (κ3) is 4.52. The van der Waals surface area contributed by atoms with Crippen LogP contribution in [-0.4, -0.2) is 47.5 Å². The summed E-state index contributed by atoms with van der Waals surface area (Å²) in [6, 6.07) is 18.9. The van der Waals surface area contributed by atoms with Gasteiger partial charge in [0.25, 0.3) is 0 Å². The topological polar surface area (TPSA) is 45.5 Å². The van der Waals surface area contributed by atoms with Gasteiger partial charge in [-0.1, -0.05) is 42.5 Å². The molecule has 3 heterocycles. The number of nitrogens with one attached hydrogen (secondary N) is 1. The Morgan fingerprint density at radius 3 is 2.82 bits per heavy atom. The fourth-order valence-corrected chi connectivity index (χ4v) is 5.15. The highest BCUT2D eigenvalue weighted by molar-refractivity contribution is 7.17. The van der Waals surface area contributed by atoms with Crippen LogP contribution in [0.1, 0.15) is 17.5 Å². The predicted molar refractivity (Wildman–Crippen MR) is 140 cm³/mol. The van der Waals surface area contributed by atoms with E-state index in [0.717, 1.165) is 43.1 Å². The summed E-state index contributed by atoms with van der Waals surface area (Å²) in [4.78, 5) is 7.16. The van der Waals surface area contributed by atoms with Gasteiger partial charge in [0.15, 0.2) is 5.65 Å². The minimum Gasteiger partial charge on any atom is -0.370 e. The summed E-state index contributed by atoms with van der Waals surface area (Å²) in [6.07, 6.45) is 2.67. The van der Waals surface area contributed by atoms with Gasteiger partial charge in [-0.15, -0.1) is 11.3 Å². The monoisotopic (exact) mass is 451 g/mol. The van der Waals surface area contributed by atoms with Crippen LogP contribution < -0.4 is 10.8 Å². The van der Waals surface area contributed by atoms with Gasteiger partial charge in [-0.25, -0.2) is 4.98 Å². The predicted octanol–water partition coefficient (Wildman–Crippen LogP) is 4.65. The van der Waals surface area contributed by atoms with Gasteiger partial charge < -0.3 is 10.2 Å². The van der Waals surface area contributed by atoms with Crippen molar-refractivity contribution < 1.29 is 0 Å². The number of thiophene rings is 1. The van der Waals surface area contributed by atoms with Crippen molar-refractivity contribution in [3.63, 3.8) is 0 Å². The molecule has 0 unspecified atom stereocenters. The minimum atomic E-state index is 0.580. The van der Waals surface area contributed by atoms with Crippen molar-refractivity contribution in [3.8, 4) is 11.3 Å². The van der Waals surface area contributed by atoms with Crippen LogP contribution in [0.4, 0.5) is 5.82 Å². The van der Waals surface area contributed by atoms with E-state index in [1.807, 2.05) is 23.5 Å². The number of fused-ring (bicyclic) bond motifs is 2. The van der Waals surface area contributed by atoms with Gasteiger partial charge in [-0.3, -0.25) is 0 Å². The largest absolute Gasteiger partial charge is 0.370 e. The van der Waals surface area contributed by atoms with Gasteiger partial charge >= 0.3 is 0 Å². The molecule has 0 bridgehead atoms. The zero-order valence-corrected chi connectivity index (χ0v) is 19.8.